The molecule has 0 aliphatic heterocycles. The van der Waals surface area contributed by atoms with E-state index in [4.69, 9.17) is 4.74 Å². The highest BCUT2D eigenvalue weighted by atomic mass is 19.1. The molecule has 27 heavy (non-hydrogen) atoms. The van der Waals surface area contributed by atoms with Gasteiger partial charge in [0.25, 0.3) is 5.91 Å². The monoisotopic (exact) mass is 370 g/mol. The highest BCUT2D eigenvalue weighted by Gasteiger charge is 2.16. The number of rotatable bonds is 7. The first-order valence-corrected chi connectivity index (χ1v) is 8.53. The molecule has 0 saturated heterocycles. The Labute approximate surface area is 155 Å². The number of ether oxygens (including phenoxy) is 1. The number of amides is 1. The highest BCUT2D eigenvalue weighted by Crippen LogP contribution is 2.10. The largest absolute Gasteiger partial charge is 0.454 e. The fourth-order valence-electron chi connectivity index (χ4n) is 2.67. The summed E-state index contributed by atoms with van der Waals surface area (Å²) < 4.78 is 19.8. The summed E-state index contributed by atoms with van der Waals surface area (Å²) in [4.78, 5) is 25.8. The number of likely N-dealkylation sites (N-methyl/N-ethyl adjacent to an activating group) is 1. The second-order valence-electron chi connectivity index (χ2n) is 5.93. The molecule has 7 nitrogen and oxygen atoms in total. The third-order valence-electron chi connectivity index (χ3n) is 4.05. The number of hydrogen-bond donors (Lipinski definition) is 0. The van der Waals surface area contributed by atoms with Crippen LogP contribution in [0.3, 0.4) is 0 Å². The molecule has 1 heterocycles. The van der Waals surface area contributed by atoms with Crippen molar-refractivity contribution >= 4 is 22.9 Å². The maximum absolute atomic E-state index is 13.3. The number of aromatic nitrogens is 3. The van der Waals surface area contributed by atoms with Crippen molar-refractivity contribution in [1.82, 2.24) is 19.9 Å². The first-order chi connectivity index (χ1) is 13.1. The van der Waals surface area contributed by atoms with Gasteiger partial charge in [0.2, 0.25) is 0 Å². The topological polar surface area (TPSA) is 77.3 Å². The normalized spacial score (nSPS) is 10.7. The fourth-order valence-corrected chi connectivity index (χ4v) is 2.67. The summed E-state index contributed by atoms with van der Waals surface area (Å²) in [6.45, 7) is 1.96. The van der Waals surface area contributed by atoms with Crippen LogP contribution >= 0.6 is 0 Å². The maximum atomic E-state index is 13.3. The van der Waals surface area contributed by atoms with E-state index in [1.54, 1.807) is 31.2 Å². The Bertz CT molecular complexity index is 957. The number of hydrogen-bond acceptors (Lipinski definition) is 5. The lowest BCUT2D eigenvalue weighted by Crippen LogP contribution is -2.34. The standard InChI is InChI=1S/C19H19FN4O3/c1-2-23(11-14-6-5-7-15(20)10-14)18(25)13-27-19(26)12-24-17-9-4-3-8-16(17)21-22-24/h3-10H,2,11-13H2,1H3. The van der Waals surface area contributed by atoms with E-state index in [1.165, 1.54) is 21.7 Å². The molecule has 2 aromatic carbocycles. The maximum Gasteiger partial charge on any atom is 0.328 e. The van der Waals surface area contributed by atoms with E-state index in [1.807, 2.05) is 12.1 Å². The van der Waals surface area contributed by atoms with Gasteiger partial charge in [0.1, 0.15) is 17.9 Å². The Morgan fingerprint density at radius 3 is 2.78 bits per heavy atom. The van der Waals surface area contributed by atoms with Gasteiger partial charge in [-0.3, -0.25) is 9.59 Å². The molecule has 140 valence electrons. The van der Waals surface area contributed by atoms with E-state index in [0.717, 1.165) is 0 Å². The summed E-state index contributed by atoms with van der Waals surface area (Å²) in [5.74, 6) is -1.29. The number of benzene rings is 2. The predicted molar refractivity (Wildman–Crippen MR) is 96.0 cm³/mol. The van der Waals surface area contributed by atoms with E-state index in [-0.39, 0.29) is 31.4 Å². The van der Waals surface area contributed by atoms with Crippen molar-refractivity contribution in [3.8, 4) is 0 Å². The molecule has 3 rings (SSSR count). The number of esters is 1. The molecule has 0 fully saturated rings. The highest BCUT2D eigenvalue weighted by molar-refractivity contribution is 5.81. The number of carbonyl (C=O) groups is 2. The first kappa shape index (κ1) is 18.5. The molecule has 0 atom stereocenters. The molecule has 0 spiro atoms. The van der Waals surface area contributed by atoms with Gasteiger partial charge in [0, 0.05) is 13.1 Å². The Kier molecular flexibility index (Phi) is 5.75. The van der Waals surface area contributed by atoms with Gasteiger partial charge in [0.05, 0.1) is 5.52 Å². The predicted octanol–water partition coefficient (Wildman–Crippen LogP) is 2.16. The lowest BCUT2D eigenvalue weighted by atomic mass is 10.2. The number of fused-ring (bicyclic) bond motifs is 1. The van der Waals surface area contributed by atoms with E-state index >= 15 is 0 Å². The molecular weight excluding hydrogens is 351 g/mol. The van der Waals surface area contributed by atoms with Crippen molar-refractivity contribution < 1.29 is 18.7 Å². The molecular formula is C19H19FN4O3. The molecule has 3 aromatic rings. The Morgan fingerprint density at radius 2 is 2.00 bits per heavy atom. The number of halogens is 1. The minimum Gasteiger partial charge on any atom is -0.454 e. The Balaban J connectivity index is 1.54. The average molecular weight is 370 g/mol. The van der Waals surface area contributed by atoms with Crippen molar-refractivity contribution in [2.75, 3.05) is 13.2 Å². The van der Waals surface area contributed by atoms with Crippen LogP contribution < -0.4 is 0 Å². The van der Waals surface area contributed by atoms with Crippen LogP contribution in [0.4, 0.5) is 4.39 Å². The molecule has 0 radical (unpaired) electrons. The van der Waals surface area contributed by atoms with Crippen LogP contribution in [0.5, 0.6) is 0 Å². The van der Waals surface area contributed by atoms with Gasteiger partial charge in [0.15, 0.2) is 6.61 Å². The van der Waals surface area contributed by atoms with E-state index in [0.29, 0.717) is 23.1 Å². The molecule has 0 aliphatic rings. The van der Waals surface area contributed by atoms with Crippen molar-refractivity contribution in [3.05, 3.63) is 59.9 Å². The second-order valence-corrected chi connectivity index (χ2v) is 5.93. The summed E-state index contributed by atoms with van der Waals surface area (Å²) in [5, 5.41) is 7.87. The van der Waals surface area contributed by atoms with Gasteiger partial charge in [-0.05, 0) is 36.8 Å². The lowest BCUT2D eigenvalue weighted by molar-refractivity contribution is -0.152. The van der Waals surface area contributed by atoms with Crippen LogP contribution in [-0.4, -0.2) is 44.9 Å². The molecule has 1 aromatic heterocycles. The van der Waals surface area contributed by atoms with Gasteiger partial charge in [-0.15, -0.1) is 5.10 Å². The third kappa shape index (κ3) is 4.66. The number of carbonyl (C=O) groups excluding carboxylic acids is 2. The molecule has 1 amide bonds. The van der Waals surface area contributed by atoms with Crippen molar-refractivity contribution in [2.24, 2.45) is 0 Å². The minimum atomic E-state index is -0.583. The minimum absolute atomic E-state index is 0.135. The zero-order chi connectivity index (χ0) is 19.2. The zero-order valence-corrected chi connectivity index (χ0v) is 14.8. The molecule has 0 unspecified atom stereocenters. The summed E-state index contributed by atoms with van der Waals surface area (Å²) in [7, 11) is 0. The third-order valence-corrected chi connectivity index (χ3v) is 4.05. The van der Waals surface area contributed by atoms with Gasteiger partial charge < -0.3 is 9.64 Å². The van der Waals surface area contributed by atoms with E-state index < -0.39 is 5.97 Å². The van der Waals surface area contributed by atoms with E-state index in [9.17, 15) is 14.0 Å². The van der Waals surface area contributed by atoms with Crippen LogP contribution in [0, 0.1) is 5.82 Å². The van der Waals surface area contributed by atoms with Gasteiger partial charge in [-0.25, -0.2) is 9.07 Å². The molecule has 0 N–H and O–H groups in total. The number of para-hydroxylation sites is 1. The zero-order valence-electron chi connectivity index (χ0n) is 14.8. The van der Waals surface area contributed by atoms with Crippen LogP contribution in [0.15, 0.2) is 48.5 Å². The SMILES string of the molecule is CCN(Cc1cccc(F)c1)C(=O)COC(=O)Cn1nnc2ccccc21. The van der Waals surface area contributed by atoms with Crippen LogP contribution in [0.25, 0.3) is 11.0 Å². The summed E-state index contributed by atoms with van der Waals surface area (Å²) in [6, 6.07) is 13.3. The molecule has 0 bridgehead atoms. The lowest BCUT2D eigenvalue weighted by Gasteiger charge is -2.21. The quantitative estimate of drug-likeness (QED) is 0.596. The van der Waals surface area contributed by atoms with Crippen molar-refractivity contribution in [1.29, 1.82) is 0 Å². The summed E-state index contributed by atoms with van der Waals surface area (Å²) in [6.07, 6.45) is 0. The fraction of sp³-hybridized carbons (Fsp3) is 0.263. The molecule has 8 heteroatoms. The van der Waals surface area contributed by atoms with Gasteiger partial charge in [-0.1, -0.05) is 29.5 Å². The summed E-state index contributed by atoms with van der Waals surface area (Å²) in [5.41, 5.74) is 2.06. The average Bonchev–Trinajstić information content (AvgIpc) is 3.07. The van der Waals surface area contributed by atoms with Gasteiger partial charge in [-0.2, -0.15) is 0 Å². The van der Waals surface area contributed by atoms with Crippen LogP contribution in [0.1, 0.15) is 12.5 Å². The van der Waals surface area contributed by atoms with Crippen molar-refractivity contribution in [3.63, 3.8) is 0 Å². The first-order valence-electron chi connectivity index (χ1n) is 8.53. The Morgan fingerprint density at radius 1 is 1.19 bits per heavy atom. The van der Waals surface area contributed by atoms with Crippen LogP contribution in [0.2, 0.25) is 0 Å². The van der Waals surface area contributed by atoms with Crippen molar-refractivity contribution in [2.45, 2.75) is 20.0 Å². The summed E-state index contributed by atoms with van der Waals surface area (Å²) >= 11 is 0. The smallest absolute Gasteiger partial charge is 0.328 e. The van der Waals surface area contributed by atoms with Crippen LogP contribution in [-0.2, 0) is 27.4 Å². The van der Waals surface area contributed by atoms with E-state index in [2.05, 4.69) is 10.3 Å². The molecule has 0 saturated carbocycles. The molecule has 0 aliphatic carbocycles. The second kappa shape index (κ2) is 8.39. The van der Waals surface area contributed by atoms with Gasteiger partial charge >= 0.3 is 5.97 Å². The Hall–Kier alpha value is -3.29. The number of nitrogens with zero attached hydrogens (tertiary/aromatic N) is 4.